The lowest BCUT2D eigenvalue weighted by molar-refractivity contribution is -0.148. The normalized spacial score (nSPS) is 16.3. The monoisotopic (exact) mass is 737 g/mol. The molecule has 4 atom stereocenters. The van der Waals surface area contributed by atoms with Crippen LogP contribution in [-0.4, -0.2) is 85.0 Å². The van der Waals surface area contributed by atoms with Gasteiger partial charge in [-0.05, 0) is 59.9 Å². The minimum Gasteiger partial charge on any atom is -0.462 e. The number of allylic oxidation sites excluding steroid dienone is 2. The molecule has 286 valence electrons. The quantitative estimate of drug-likeness (QED) is 0.0995. The van der Waals surface area contributed by atoms with Crippen molar-refractivity contribution < 1.29 is 38.5 Å². The number of likely N-dealkylation sites (tertiary alicyclic amines) is 1. The number of benzene rings is 3. The van der Waals surface area contributed by atoms with E-state index in [0.29, 0.717) is 13.0 Å². The van der Waals surface area contributed by atoms with Gasteiger partial charge in [-0.25, -0.2) is 9.59 Å². The maximum atomic E-state index is 13.6. The zero-order valence-corrected chi connectivity index (χ0v) is 30.7. The van der Waals surface area contributed by atoms with E-state index in [4.69, 9.17) is 14.2 Å². The lowest BCUT2D eigenvalue weighted by Gasteiger charge is -2.26. The number of hydrogen-bond acceptors (Lipinski definition) is 8. The van der Waals surface area contributed by atoms with Crippen LogP contribution in [0.25, 0.3) is 11.1 Å². The number of carbonyl (C=O) groups is 4. The van der Waals surface area contributed by atoms with Crippen molar-refractivity contribution in [3.63, 3.8) is 0 Å². The molecular weight excluding hydrogens is 686 g/mol. The summed E-state index contributed by atoms with van der Waals surface area (Å²) in [6.07, 6.45) is 4.84. The van der Waals surface area contributed by atoms with E-state index in [9.17, 15) is 24.3 Å². The van der Waals surface area contributed by atoms with E-state index >= 15 is 0 Å². The number of ether oxygens (including phenoxy) is 3. The summed E-state index contributed by atoms with van der Waals surface area (Å²) < 4.78 is 17.3. The van der Waals surface area contributed by atoms with E-state index in [2.05, 4.69) is 35.9 Å². The van der Waals surface area contributed by atoms with E-state index in [0.717, 1.165) is 40.7 Å². The average Bonchev–Trinajstić information content (AvgIpc) is 3.80. The van der Waals surface area contributed by atoms with Gasteiger partial charge in [0.2, 0.25) is 11.8 Å². The molecule has 11 nitrogen and oxygen atoms in total. The van der Waals surface area contributed by atoms with Crippen LogP contribution in [0.4, 0.5) is 4.79 Å². The predicted molar refractivity (Wildman–Crippen MR) is 205 cm³/mol. The fourth-order valence-corrected chi connectivity index (χ4v) is 7.11. The van der Waals surface area contributed by atoms with Crippen LogP contribution in [0, 0.1) is 5.92 Å². The highest BCUT2D eigenvalue weighted by atomic mass is 16.6. The second-order valence-corrected chi connectivity index (χ2v) is 13.7. The van der Waals surface area contributed by atoms with Crippen molar-refractivity contribution in [1.29, 1.82) is 0 Å². The summed E-state index contributed by atoms with van der Waals surface area (Å²) in [6, 6.07) is 23.5. The van der Waals surface area contributed by atoms with Gasteiger partial charge in [0, 0.05) is 18.9 Å². The summed E-state index contributed by atoms with van der Waals surface area (Å²) in [5.74, 6) is -2.19. The van der Waals surface area contributed by atoms with Gasteiger partial charge in [0.25, 0.3) is 0 Å². The minimum atomic E-state index is -1.04. The van der Waals surface area contributed by atoms with Crippen molar-refractivity contribution in [2.45, 2.75) is 69.2 Å². The fraction of sp³-hybridized carbons (Fsp3) is 0.395. The Labute approximate surface area is 317 Å². The van der Waals surface area contributed by atoms with Gasteiger partial charge >= 0.3 is 12.1 Å². The summed E-state index contributed by atoms with van der Waals surface area (Å²) in [5.41, 5.74) is 5.28. The molecule has 3 aromatic carbocycles. The minimum absolute atomic E-state index is 0.0124. The number of nitrogens with one attached hydrogen (secondary N) is 2. The van der Waals surface area contributed by atoms with Gasteiger partial charge < -0.3 is 34.9 Å². The maximum Gasteiger partial charge on any atom is 0.407 e. The van der Waals surface area contributed by atoms with Crippen molar-refractivity contribution in [2.24, 2.45) is 5.92 Å². The van der Waals surface area contributed by atoms with Crippen molar-refractivity contribution in [3.05, 3.63) is 121 Å². The standard InChI is InChI=1S/C43H51N3O8/c1-3-5-22-39(45-43(51)54-29-38-36-20-11-9-18-34(36)35-19-10-12-21-37(35)38)42(50)53-28-32(27-52-26-30-15-7-6-8-16-30)44-41(49)31(14-4-2)24-40(48)46-23-13-17-33(46)25-47/h3-4,6-12,15-16,18-21,31-33,38-39,47H,1-2,5,13-14,17,22-29H2,(H,44,49)(H,45,51). The Kier molecular flexibility index (Phi) is 15.0. The van der Waals surface area contributed by atoms with Crippen LogP contribution < -0.4 is 10.6 Å². The lowest BCUT2D eigenvalue weighted by atomic mass is 9.98. The zero-order chi connectivity index (χ0) is 38.3. The van der Waals surface area contributed by atoms with Crippen molar-refractivity contribution in [1.82, 2.24) is 15.5 Å². The lowest BCUT2D eigenvalue weighted by Crippen LogP contribution is -2.48. The molecular formula is C43H51N3O8. The Morgan fingerprint density at radius 3 is 2.22 bits per heavy atom. The second kappa shape index (κ2) is 20.3. The van der Waals surface area contributed by atoms with Gasteiger partial charge in [0.1, 0.15) is 19.3 Å². The van der Waals surface area contributed by atoms with Crippen molar-refractivity contribution in [3.8, 4) is 11.1 Å². The third-order valence-corrected chi connectivity index (χ3v) is 9.93. The SMILES string of the molecule is C=CCCC(NC(=O)OCC1c2ccccc2-c2ccccc21)C(=O)OCC(COCc1ccccc1)NC(=O)C(CC=C)CC(=O)N1CCCC1CO. The molecule has 0 aromatic heterocycles. The number of rotatable bonds is 20. The largest absolute Gasteiger partial charge is 0.462 e. The van der Waals surface area contributed by atoms with E-state index in [-0.39, 0.29) is 70.2 Å². The fourth-order valence-electron chi connectivity index (χ4n) is 7.11. The number of fused-ring (bicyclic) bond motifs is 3. The number of aliphatic hydroxyl groups excluding tert-OH is 1. The summed E-state index contributed by atoms with van der Waals surface area (Å²) in [7, 11) is 0. The first-order chi connectivity index (χ1) is 26.3. The third-order valence-electron chi connectivity index (χ3n) is 9.93. The Morgan fingerprint density at radius 2 is 1.56 bits per heavy atom. The molecule has 5 rings (SSSR count). The number of esters is 1. The molecule has 0 saturated carbocycles. The molecule has 0 spiro atoms. The molecule has 0 radical (unpaired) electrons. The predicted octanol–water partition coefficient (Wildman–Crippen LogP) is 5.67. The number of nitrogens with zero attached hydrogens (tertiary/aromatic N) is 1. The Balaban J connectivity index is 1.21. The summed E-state index contributed by atoms with van der Waals surface area (Å²) >= 11 is 0. The molecule has 3 amide bonds. The molecule has 3 aromatic rings. The number of amides is 3. The van der Waals surface area contributed by atoms with Gasteiger partial charge in [0.05, 0.1) is 37.8 Å². The molecule has 4 unspecified atom stereocenters. The number of aliphatic hydroxyl groups is 1. The van der Waals surface area contributed by atoms with Gasteiger partial charge in [-0.15, -0.1) is 13.2 Å². The molecule has 11 heteroatoms. The van der Waals surface area contributed by atoms with Crippen LogP contribution in [0.5, 0.6) is 0 Å². The van der Waals surface area contributed by atoms with E-state index in [1.807, 2.05) is 66.7 Å². The number of hydrogen-bond donors (Lipinski definition) is 3. The highest BCUT2D eigenvalue weighted by Gasteiger charge is 2.33. The molecule has 1 fully saturated rings. The zero-order valence-electron chi connectivity index (χ0n) is 30.7. The highest BCUT2D eigenvalue weighted by Crippen LogP contribution is 2.44. The first-order valence-corrected chi connectivity index (χ1v) is 18.6. The summed E-state index contributed by atoms with van der Waals surface area (Å²) in [5, 5.41) is 15.3. The smallest absolute Gasteiger partial charge is 0.407 e. The first kappa shape index (κ1) is 39.9. The Bertz CT molecular complexity index is 1700. The van der Waals surface area contributed by atoms with E-state index < -0.39 is 36.0 Å². The van der Waals surface area contributed by atoms with Crippen LogP contribution in [0.2, 0.25) is 0 Å². The molecule has 54 heavy (non-hydrogen) atoms. The van der Waals surface area contributed by atoms with Crippen LogP contribution in [0.3, 0.4) is 0 Å². The van der Waals surface area contributed by atoms with Crippen LogP contribution in [0.15, 0.2) is 104 Å². The van der Waals surface area contributed by atoms with Crippen LogP contribution in [0.1, 0.15) is 61.1 Å². The van der Waals surface area contributed by atoms with Gasteiger partial charge in [-0.3, -0.25) is 9.59 Å². The Morgan fingerprint density at radius 1 is 0.870 bits per heavy atom. The molecule has 1 aliphatic carbocycles. The van der Waals surface area contributed by atoms with Crippen molar-refractivity contribution in [2.75, 3.05) is 33.0 Å². The van der Waals surface area contributed by atoms with Gasteiger partial charge in [0.15, 0.2) is 0 Å². The highest BCUT2D eigenvalue weighted by molar-refractivity contribution is 5.86. The molecule has 1 heterocycles. The third kappa shape index (κ3) is 10.7. The summed E-state index contributed by atoms with van der Waals surface area (Å²) in [6.45, 7) is 8.05. The molecule has 1 saturated heterocycles. The number of carbonyl (C=O) groups excluding carboxylic acids is 4. The van der Waals surface area contributed by atoms with Crippen LogP contribution >= 0.6 is 0 Å². The molecule has 2 aliphatic rings. The molecule has 0 bridgehead atoms. The van der Waals surface area contributed by atoms with Gasteiger partial charge in [-0.1, -0.05) is 91.0 Å². The van der Waals surface area contributed by atoms with Crippen molar-refractivity contribution >= 4 is 23.9 Å². The molecule has 1 aliphatic heterocycles. The second-order valence-electron chi connectivity index (χ2n) is 13.7. The topological polar surface area (TPSA) is 144 Å². The van der Waals surface area contributed by atoms with E-state index in [1.165, 1.54) is 0 Å². The van der Waals surface area contributed by atoms with E-state index in [1.54, 1.807) is 17.1 Å². The molecule has 3 N–H and O–H groups in total. The van der Waals surface area contributed by atoms with Crippen LogP contribution in [-0.2, 0) is 35.2 Å². The number of alkyl carbamates (subject to hydrolysis) is 1. The average molecular weight is 738 g/mol. The summed E-state index contributed by atoms with van der Waals surface area (Å²) in [4.78, 5) is 55.0. The Hall–Kier alpha value is -5.26. The first-order valence-electron chi connectivity index (χ1n) is 18.6. The maximum absolute atomic E-state index is 13.6. The van der Waals surface area contributed by atoms with Gasteiger partial charge in [-0.2, -0.15) is 0 Å².